The van der Waals surface area contributed by atoms with Crippen LogP contribution in [0, 0.1) is 15.9 Å². The Labute approximate surface area is 110 Å². The number of benzene rings is 1. The summed E-state index contributed by atoms with van der Waals surface area (Å²) in [7, 11) is 0. The van der Waals surface area contributed by atoms with Gasteiger partial charge in [-0.1, -0.05) is 0 Å². The lowest BCUT2D eigenvalue weighted by molar-refractivity contribution is -0.387. The highest BCUT2D eigenvalue weighted by atomic mass is 19.1. The molecule has 19 heavy (non-hydrogen) atoms. The highest BCUT2D eigenvalue weighted by Crippen LogP contribution is 2.28. The van der Waals surface area contributed by atoms with Crippen LogP contribution in [0.2, 0.25) is 0 Å². The first-order chi connectivity index (χ1) is 8.87. The van der Waals surface area contributed by atoms with Crippen molar-refractivity contribution in [1.29, 1.82) is 0 Å². The molecule has 1 aromatic rings. The molecule has 1 aromatic carbocycles. The number of hydrogen-bond acceptors (Lipinski definition) is 4. The average Bonchev–Trinajstić information content (AvgIpc) is 2.30. The highest BCUT2D eigenvalue weighted by molar-refractivity contribution is 5.52. The molecule has 1 unspecified atom stereocenters. The molecule has 0 saturated carbocycles. The second-order valence-corrected chi connectivity index (χ2v) is 5.37. The number of hydrogen-bond donors (Lipinski definition) is 1. The molecule has 5 nitrogen and oxygen atoms in total. The van der Waals surface area contributed by atoms with Gasteiger partial charge in [0.15, 0.2) is 0 Å². The van der Waals surface area contributed by atoms with Crippen LogP contribution in [-0.2, 0) is 4.74 Å². The highest BCUT2D eigenvalue weighted by Gasteiger charge is 2.29. The van der Waals surface area contributed by atoms with Crippen molar-refractivity contribution in [1.82, 2.24) is 0 Å². The third-order valence-corrected chi connectivity index (χ3v) is 3.21. The Bertz CT molecular complexity index is 491. The summed E-state index contributed by atoms with van der Waals surface area (Å²) in [4.78, 5) is 9.97. The van der Waals surface area contributed by atoms with Crippen LogP contribution >= 0.6 is 0 Å². The predicted octanol–water partition coefficient (Wildman–Crippen LogP) is 3.10. The Kier molecular flexibility index (Phi) is 3.71. The first-order valence-corrected chi connectivity index (χ1v) is 6.22. The number of ether oxygens (including phenoxy) is 1. The molecule has 0 spiro atoms. The molecule has 2 rings (SSSR count). The third kappa shape index (κ3) is 3.41. The molecule has 0 aliphatic carbocycles. The van der Waals surface area contributed by atoms with Gasteiger partial charge < -0.3 is 10.1 Å². The number of nitro benzene ring substituents is 1. The number of nitrogens with zero attached hydrogens (tertiary/aromatic N) is 1. The molecule has 1 fully saturated rings. The van der Waals surface area contributed by atoms with E-state index in [2.05, 4.69) is 5.32 Å². The summed E-state index contributed by atoms with van der Waals surface area (Å²) in [6.45, 7) is 4.66. The molecule has 1 atom stereocenters. The Morgan fingerprint density at radius 2 is 2.26 bits per heavy atom. The second-order valence-electron chi connectivity index (χ2n) is 5.37. The van der Waals surface area contributed by atoms with Gasteiger partial charge in [0, 0.05) is 24.4 Å². The first kappa shape index (κ1) is 13.7. The van der Waals surface area contributed by atoms with Gasteiger partial charge in [-0.05, 0) is 38.8 Å². The van der Waals surface area contributed by atoms with Crippen molar-refractivity contribution in [3.8, 4) is 0 Å². The molecule has 1 N–H and O–H groups in total. The monoisotopic (exact) mass is 268 g/mol. The number of nitrogens with one attached hydrogen (secondary N) is 1. The van der Waals surface area contributed by atoms with Gasteiger partial charge in [-0.15, -0.1) is 0 Å². The molecular formula is C13H17FN2O3. The molecule has 1 heterocycles. The van der Waals surface area contributed by atoms with Crippen LogP contribution in [0.1, 0.15) is 26.7 Å². The van der Waals surface area contributed by atoms with Crippen molar-refractivity contribution in [2.45, 2.75) is 38.3 Å². The predicted molar refractivity (Wildman–Crippen MR) is 69.7 cm³/mol. The summed E-state index contributed by atoms with van der Waals surface area (Å²) in [5, 5.41) is 13.9. The van der Waals surface area contributed by atoms with E-state index in [-0.39, 0.29) is 11.6 Å². The van der Waals surface area contributed by atoms with Gasteiger partial charge in [0.25, 0.3) is 0 Å². The average molecular weight is 268 g/mol. The van der Waals surface area contributed by atoms with Gasteiger partial charge in [0.1, 0.15) is 0 Å². The minimum absolute atomic E-state index is 0.175. The summed E-state index contributed by atoms with van der Waals surface area (Å²) in [6.07, 6.45) is 1.63. The maximum Gasteiger partial charge on any atom is 0.306 e. The van der Waals surface area contributed by atoms with E-state index in [0.717, 1.165) is 18.9 Å². The van der Waals surface area contributed by atoms with Crippen molar-refractivity contribution in [3.63, 3.8) is 0 Å². The molecule has 104 valence electrons. The molecule has 0 radical (unpaired) electrons. The van der Waals surface area contributed by atoms with Gasteiger partial charge in [0.2, 0.25) is 5.82 Å². The standard InChI is InChI=1S/C13H17FN2O3/c1-13(2)8-10(5-6-19-13)15-9-3-4-11(14)12(7-9)16(17)18/h3-4,7,10,15H,5-6,8H2,1-2H3. The van der Waals surface area contributed by atoms with Crippen LogP contribution < -0.4 is 5.32 Å². The normalized spacial score (nSPS) is 21.9. The molecule has 1 saturated heterocycles. The fraction of sp³-hybridized carbons (Fsp3) is 0.538. The largest absolute Gasteiger partial charge is 0.382 e. The minimum atomic E-state index is -0.817. The second kappa shape index (κ2) is 5.13. The fourth-order valence-corrected chi connectivity index (χ4v) is 2.33. The van der Waals surface area contributed by atoms with Crippen molar-refractivity contribution in [2.24, 2.45) is 0 Å². The minimum Gasteiger partial charge on any atom is -0.382 e. The molecule has 0 bridgehead atoms. The molecule has 1 aliphatic rings. The summed E-state index contributed by atoms with van der Waals surface area (Å²) in [5.41, 5.74) is -0.144. The Hall–Kier alpha value is -1.69. The zero-order valence-electron chi connectivity index (χ0n) is 11.0. The summed E-state index contributed by atoms with van der Waals surface area (Å²) < 4.78 is 18.8. The maximum atomic E-state index is 13.2. The van der Waals surface area contributed by atoms with Crippen LogP contribution in [0.4, 0.5) is 15.8 Å². The third-order valence-electron chi connectivity index (χ3n) is 3.21. The smallest absolute Gasteiger partial charge is 0.306 e. The van der Waals surface area contributed by atoms with Gasteiger partial charge >= 0.3 is 5.69 Å². The number of anilines is 1. The molecule has 0 aromatic heterocycles. The topological polar surface area (TPSA) is 64.4 Å². The van der Waals surface area contributed by atoms with E-state index in [1.807, 2.05) is 13.8 Å². The lowest BCUT2D eigenvalue weighted by atomic mass is 9.94. The van der Waals surface area contributed by atoms with E-state index in [9.17, 15) is 14.5 Å². The van der Waals surface area contributed by atoms with E-state index in [0.29, 0.717) is 12.3 Å². The number of halogens is 1. The molecular weight excluding hydrogens is 251 g/mol. The Balaban J connectivity index is 2.11. The van der Waals surface area contributed by atoms with Gasteiger partial charge in [-0.3, -0.25) is 10.1 Å². The van der Waals surface area contributed by atoms with E-state index < -0.39 is 16.4 Å². The molecule has 6 heteroatoms. The zero-order valence-corrected chi connectivity index (χ0v) is 11.0. The number of nitro groups is 1. The fourth-order valence-electron chi connectivity index (χ4n) is 2.33. The quantitative estimate of drug-likeness (QED) is 0.675. The van der Waals surface area contributed by atoms with E-state index >= 15 is 0 Å². The first-order valence-electron chi connectivity index (χ1n) is 6.22. The van der Waals surface area contributed by atoms with Crippen molar-refractivity contribution in [3.05, 3.63) is 34.1 Å². The van der Waals surface area contributed by atoms with Crippen LogP contribution in [-0.4, -0.2) is 23.2 Å². The lowest BCUT2D eigenvalue weighted by Crippen LogP contribution is -2.40. The zero-order chi connectivity index (χ0) is 14.0. The van der Waals surface area contributed by atoms with Crippen LogP contribution in [0.25, 0.3) is 0 Å². The Morgan fingerprint density at radius 1 is 1.53 bits per heavy atom. The van der Waals surface area contributed by atoms with Gasteiger partial charge in [-0.25, -0.2) is 0 Å². The van der Waals surface area contributed by atoms with Crippen LogP contribution in [0.3, 0.4) is 0 Å². The van der Waals surface area contributed by atoms with Gasteiger partial charge in [0.05, 0.1) is 10.5 Å². The van der Waals surface area contributed by atoms with Gasteiger partial charge in [-0.2, -0.15) is 4.39 Å². The van der Waals surface area contributed by atoms with Crippen LogP contribution in [0.15, 0.2) is 18.2 Å². The Morgan fingerprint density at radius 3 is 2.89 bits per heavy atom. The molecule has 0 amide bonds. The van der Waals surface area contributed by atoms with Crippen LogP contribution in [0.5, 0.6) is 0 Å². The summed E-state index contributed by atoms with van der Waals surface area (Å²) >= 11 is 0. The summed E-state index contributed by atoms with van der Waals surface area (Å²) in [6, 6.07) is 4.04. The van der Waals surface area contributed by atoms with E-state index in [4.69, 9.17) is 4.74 Å². The molecule has 1 aliphatic heterocycles. The van der Waals surface area contributed by atoms with Crippen molar-refractivity contribution in [2.75, 3.05) is 11.9 Å². The van der Waals surface area contributed by atoms with Crippen molar-refractivity contribution >= 4 is 11.4 Å². The van der Waals surface area contributed by atoms with E-state index in [1.54, 1.807) is 0 Å². The lowest BCUT2D eigenvalue weighted by Gasteiger charge is -2.36. The number of rotatable bonds is 3. The maximum absolute atomic E-state index is 13.2. The van der Waals surface area contributed by atoms with Crippen molar-refractivity contribution < 1.29 is 14.1 Å². The van der Waals surface area contributed by atoms with E-state index in [1.165, 1.54) is 12.1 Å². The summed E-state index contributed by atoms with van der Waals surface area (Å²) in [5.74, 6) is -0.817. The SMILES string of the molecule is CC1(C)CC(Nc2ccc(F)c([N+](=O)[O-])c2)CCO1.